The number of carbonyl (C=O) groups excluding carboxylic acids is 3. The summed E-state index contributed by atoms with van der Waals surface area (Å²) in [5.41, 5.74) is 0. The molecule has 0 spiro atoms. The van der Waals surface area contributed by atoms with Crippen molar-refractivity contribution in [2.75, 3.05) is 18.9 Å². The van der Waals surface area contributed by atoms with Gasteiger partial charge in [-0.15, -0.1) is 11.8 Å². The first kappa shape index (κ1) is 15.2. The molecule has 20 heavy (non-hydrogen) atoms. The molecule has 2 heterocycles. The van der Waals surface area contributed by atoms with Gasteiger partial charge in [0.1, 0.15) is 6.04 Å². The molecule has 112 valence electrons. The summed E-state index contributed by atoms with van der Waals surface area (Å²) in [6, 6.07) is -0.415. The van der Waals surface area contributed by atoms with E-state index in [0.717, 1.165) is 6.42 Å². The SMILES string of the molecule is CCOC(=O)CCNC(=O)C1CSC2(C)CCC(=O)N12. The van der Waals surface area contributed by atoms with E-state index in [4.69, 9.17) is 4.74 Å². The second-order valence-corrected chi connectivity index (χ2v) is 6.61. The van der Waals surface area contributed by atoms with E-state index in [0.29, 0.717) is 18.8 Å². The van der Waals surface area contributed by atoms with Crippen molar-refractivity contribution < 1.29 is 19.1 Å². The number of thioether (sulfide) groups is 1. The molecule has 6 nitrogen and oxygen atoms in total. The van der Waals surface area contributed by atoms with E-state index < -0.39 is 6.04 Å². The summed E-state index contributed by atoms with van der Waals surface area (Å²) in [4.78, 5) is 36.7. The van der Waals surface area contributed by atoms with Crippen LogP contribution in [-0.2, 0) is 19.1 Å². The first-order valence-corrected chi connectivity index (χ1v) is 7.86. The van der Waals surface area contributed by atoms with Gasteiger partial charge < -0.3 is 15.0 Å². The van der Waals surface area contributed by atoms with Crippen molar-refractivity contribution in [3.05, 3.63) is 0 Å². The van der Waals surface area contributed by atoms with Crippen molar-refractivity contribution >= 4 is 29.5 Å². The Kier molecular flexibility index (Phi) is 4.57. The topological polar surface area (TPSA) is 75.7 Å². The predicted octanol–water partition coefficient (Wildman–Crippen LogP) is 0.510. The number of hydrogen-bond donors (Lipinski definition) is 1. The Morgan fingerprint density at radius 2 is 2.30 bits per heavy atom. The van der Waals surface area contributed by atoms with Crippen molar-refractivity contribution in [3.8, 4) is 0 Å². The first-order chi connectivity index (χ1) is 9.48. The van der Waals surface area contributed by atoms with E-state index in [9.17, 15) is 14.4 Å². The summed E-state index contributed by atoms with van der Waals surface area (Å²) in [6.45, 7) is 4.34. The summed E-state index contributed by atoms with van der Waals surface area (Å²) in [6.07, 6.45) is 1.46. The average Bonchev–Trinajstić information content (AvgIpc) is 2.87. The van der Waals surface area contributed by atoms with Gasteiger partial charge in [-0.1, -0.05) is 0 Å². The molecule has 2 fully saturated rings. The van der Waals surface area contributed by atoms with Crippen LogP contribution in [0, 0.1) is 0 Å². The third kappa shape index (κ3) is 2.92. The summed E-state index contributed by atoms with van der Waals surface area (Å²) in [5.74, 6) is 0.160. The predicted molar refractivity (Wildman–Crippen MR) is 75.0 cm³/mol. The van der Waals surface area contributed by atoms with Crippen LogP contribution in [0.5, 0.6) is 0 Å². The zero-order chi connectivity index (χ0) is 14.8. The van der Waals surface area contributed by atoms with E-state index >= 15 is 0 Å². The molecule has 2 unspecified atom stereocenters. The van der Waals surface area contributed by atoms with Gasteiger partial charge in [0.05, 0.1) is 17.9 Å². The van der Waals surface area contributed by atoms with Gasteiger partial charge in [0, 0.05) is 18.7 Å². The fraction of sp³-hybridized carbons (Fsp3) is 0.769. The van der Waals surface area contributed by atoms with Gasteiger partial charge in [-0.25, -0.2) is 0 Å². The van der Waals surface area contributed by atoms with Gasteiger partial charge in [0.15, 0.2) is 0 Å². The molecule has 7 heteroatoms. The van der Waals surface area contributed by atoms with Gasteiger partial charge in [-0.3, -0.25) is 14.4 Å². The lowest BCUT2D eigenvalue weighted by atomic mass is 10.2. The van der Waals surface area contributed by atoms with E-state index in [-0.39, 0.29) is 35.6 Å². The smallest absolute Gasteiger partial charge is 0.307 e. The maximum Gasteiger partial charge on any atom is 0.307 e. The maximum atomic E-state index is 12.1. The van der Waals surface area contributed by atoms with Crippen molar-refractivity contribution in [2.45, 2.75) is 44.0 Å². The lowest BCUT2D eigenvalue weighted by molar-refractivity contribution is -0.143. The minimum absolute atomic E-state index is 0.0445. The normalized spacial score (nSPS) is 28.4. The highest BCUT2D eigenvalue weighted by Gasteiger charge is 2.52. The highest BCUT2D eigenvalue weighted by molar-refractivity contribution is 8.01. The molecule has 0 radical (unpaired) electrons. The van der Waals surface area contributed by atoms with E-state index in [1.165, 1.54) is 0 Å². The van der Waals surface area contributed by atoms with Crippen molar-refractivity contribution in [2.24, 2.45) is 0 Å². The Bertz CT molecular complexity index is 429. The molecule has 0 aromatic rings. The van der Waals surface area contributed by atoms with Gasteiger partial charge in [-0.05, 0) is 20.3 Å². The Morgan fingerprint density at radius 3 is 3.00 bits per heavy atom. The first-order valence-electron chi connectivity index (χ1n) is 6.87. The largest absolute Gasteiger partial charge is 0.466 e. The third-order valence-corrected chi connectivity index (χ3v) is 5.19. The van der Waals surface area contributed by atoms with Crippen LogP contribution in [0.3, 0.4) is 0 Å². The standard InChI is InChI=1S/C13H20N2O4S/c1-3-19-11(17)5-7-14-12(18)9-8-20-13(2)6-4-10(16)15(9)13/h9H,3-8H2,1-2H3,(H,14,18). The highest BCUT2D eigenvalue weighted by Crippen LogP contribution is 2.47. The molecule has 0 saturated carbocycles. The van der Waals surface area contributed by atoms with Crippen LogP contribution in [-0.4, -0.2) is 52.5 Å². The van der Waals surface area contributed by atoms with Gasteiger partial charge in [-0.2, -0.15) is 0 Å². The molecule has 0 aliphatic carbocycles. The van der Waals surface area contributed by atoms with Crippen molar-refractivity contribution in [1.29, 1.82) is 0 Å². The molecule has 0 aromatic heterocycles. The molecule has 2 amide bonds. The fourth-order valence-electron chi connectivity index (χ4n) is 2.65. The molecule has 2 atom stereocenters. The van der Waals surface area contributed by atoms with Gasteiger partial charge in [0.25, 0.3) is 0 Å². The molecule has 2 saturated heterocycles. The molecule has 0 aromatic carbocycles. The summed E-state index contributed by atoms with van der Waals surface area (Å²) in [5, 5.41) is 2.72. The lowest BCUT2D eigenvalue weighted by Crippen LogP contribution is -2.50. The van der Waals surface area contributed by atoms with Crippen molar-refractivity contribution in [3.63, 3.8) is 0 Å². The van der Waals surface area contributed by atoms with Gasteiger partial charge in [0.2, 0.25) is 11.8 Å². The molecule has 2 rings (SSSR count). The number of carbonyl (C=O) groups is 3. The molecule has 1 N–H and O–H groups in total. The monoisotopic (exact) mass is 300 g/mol. The number of hydrogen-bond acceptors (Lipinski definition) is 5. The van der Waals surface area contributed by atoms with Gasteiger partial charge >= 0.3 is 5.97 Å². The number of esters is 1. The Labute approximate surface area is 122 Å². The third-order valence-electron chi connectivity index (χ3n) is 3.68. The summed E-state index contributed by atoms with van der Waals surface area (Å²) < 4.78 is 4.79. The van der Waals surface area contributed by atoms with Crippen LogP contribution in [0.15, 0.2) is 0 Å². The van der Waals surface area contributed by atoms with Crippen LogP contribution in [0.25, 0.3) is 0 Å². The Morgan fingerprint density at radius 1 is 1.55 bits per heavy atom. The van der Waals surface area contributed by atoms with Crippen LogP contribution < -0.4 is 5.32 Å². The van der Waals surface area contributed by atoms with Crippen LogP contribution in [0.2, 0.25) is 0 Å². The number of ether oxygens (including phenoxy) is 1. The molecule has 2 aliphatic rings. The van der Waals surface area contributed by atoms with E-state index in [1.54, 1.807) is 23.6 Å². The number of amides is 2. The fourth-order valence-corrected chi connectivity index (χ4v) is 4.09. The number of nitrogens with one attached hydrogen (secondary N) is 1. The molecule has 0 bridgehead atoms. The average molecular weight is 300 g/mol. The molecule has 2 aliphatic heterocycles. The summed E-state index contributed by atoms with van der Waals surface area (Å²) >= 11 is 1.66. The zero-order valence-corrected chi connectivity index (χ0v) is 12.6. The second-order valence-electron chi connectivity index (χ2n) is 5.11. The number of rotatable bonds is 5. The minimum atomic E-state index is -0.415. The lowest BCUT2D eigenvalue weighted by Gasteiger charge is -2.29. The number of fused-ring (bicyclic) bond motifs is 1. The van der Waals surface area contributed by atoms with Crippen LogP contribution >= 0.6 is 11.8 Å². The molecular formula is C13H20N2O4S. The Hall–Kier alpha value is -1.24. The maximum absolute atomic E-state index is 12.1. The van der Waals surface area contributed by atoms with Crippen LogP contribution in [0.4, 0.5) is 0 Å². The number of nitrogens with zero attached hydrogens (tertiary/aromatic N) is 1. The quantitative estimate of drug-likeness (QED) is 0.749. The summed E-state index contributed by atoms with van der Waals surface area (Å²) in [7, 11) is 0. The second kappa shape index (κ2) is 6.03. The highest BCUT2D eigenvalue weighted by atomic mass is 32.2. The minimum Gasteiger partial charge on any atom is -0.466 e. The van der Waals surface area contributed by atoms with E-state index in [2.05, 4.69) is 5.32 Å². The molecular weight excluding hydrogens is 280 g/mol. The zero-order valence-electron chi connectivity index (χ0n) is 11.8. The van der Waals surface area contributed by atoms with E-state index in [1.807, 2.05) is 6.92 Å². The Balaban J connectivity index is 1.84. The van der Waals surface area contributed by atoms with Crippen molar-refractivity contribution in [1.82, 2.24) is 10.2 Å². The van der Waals surface area contributed by atoms with Crippen LogP contribution in [0.1, 0.15) is 33.1 Å².